The summed E-state index contributed by atoms with van der Waals surface area (Å²) in [6, 6.07) is 6.47. The molecule has 0 unspecified atom stereocenters. The molecule has 0 saturated carbocycles. The van der Waals surface area contributed by atoms with E-state index in [0.29, 0.717) is 23.8 Å². The van der Waals surface area contributed by atoms with Crippen LogP contribution in [0, 0.1) is 6.92 Å². The van der Waals surface area contributed by atoms with Crippen LogP contribution < -0.4 is 9.47 Å². The number of aromatic nitrogens is 1. The van der Waals surface area contributed by atoms with Crippen molar-refractivity contribution in [2.45, 2.75) is 20.5 Å². The monoisotopic (exact) mass is 277 g/mol. The summed E-state index contributed by atoms with van der Waals surface area (Å²) in [5.74, 6) is 0.188. The molecule has 2 aromatic rings. The van der Waals surface area contributed by atoms with Crippen molar-refractivity contribution >= 4 is 5.97 Å². The molecule has 0 spiro atoms. The first kappa shape index (κ1) is 13.9. The highest BCUT2D eigenvalue weighted by Gasteiger charge is 2.17. The Hall–Kier alpha value is -2.50. The van der Waals surface area contributed by atoms with Crippen LogP contribution in [0.1, 0.15) is 28.7 Å². The van der Waals surface area contributed by atoms with Gasteiger partial charge in [-0.05, 0) is 26.0 Å². The van der Waals surface area contributed by atoms with E-state index in [0.717, 1.165) is 0 Å². The Labute approximate surface area is 115 Å². The number of aryl methyl sites for hydroxylation is 1. The summed E-state index contributed by atoms with van der Waals surface area (Å²) >= 11 is 0. The fourth-order valence-electron chi connectivity index (χ4n) is 1.73. The maximum atomic E-state index is 11.2. The molecule has 1 heterocycles. The van der Waals surface area contributed by atoms with Crippen molar-refractivity contribution in [1.82, 2.24) is 5.16 Å². The third kappa shape index (κ3) is 3.09. The van der Waals surface area contributed by atoms with Crippen LogP contribution in [0.2, 0.25) is 0 Å². The van der Waals surface area contributed by atoms with Crippen LogP contribution >= 0.6 is 0 Å². The Morgan fingerprint density at radius 2 is 2.20 bits per heavy atom. The summed E-state index contributed by atoms with van der Waals surface area (Å²) in [4.78, 5) is 11.2. The smallest absolute Gasteiger partial charge is 0.339 e. The zero-order valence-corrected chi connectivity index (χ0v) is 11.3. The summed E-state index contributed by atoms with van der Waals surface area (Å²) in [5, 5.41) is 13.0. The molecule has 20 heavy (non-hydrogen) atoms. The van der Waals surface area contributed by atoms with Gasteiger partial charge in [-0.15, -0.1) is 0 Å². The quantitative estimate of drug-likeness (QED) is 0.874. The zero-order chi connectivity index (χ0) is 14.5. The number of carboxylic acid groups (broad SMARTS) is 1. The largest absolute Gasteiger partial charge is 0.490 e. The molecule has 0 bridgehead atoms. The highest BCUT2D eigenvalue weighted by Crippen LogP contribution is 2.32. The SMILES string of the molecule is CCOc1cccc(C(=O)O)c1OCc1cc(C)on1. The fraction of sp³-hybridized carbons (Fsp3) is 0.286. The number of rotatable bonds is 6. The molecule has 106 valence electrons. The van der Waals surface area contributed by atoms with Gasteiger partial charge in [0.2, 0.25) is 0 Å². The first-order valence-corrected chi connectivity index (χ1v) is 6.16. The van der Waals surface area contributed by atoms with Crippen LogP contribution in [0.3, 0.4) is 0 Å². The Morgan fingerprint density at radius 3 is 2.80 bits per heavy atom. The van der Waals surface area contributed by atoms with E-state index >= 15 is 0 Å². The number of aromatic carboxylic acids is 1. The van der Waals surface area contributed by atoms with Gasteiger partial charge in [-0.25, -0.2) is 4.79 Å². The van der Waals surface area contributed by atoms with Crippen LogP contribution in [0.5, 0.6) is 11.5 Å². The van der Waals surface area contributed by atoms with Crippen LogP contribution in [0.15, 0.2) is 28.8 Å². The summed E-state index contributed by atoms with van der Waals surface area (Å²) < 4.78 is 15.9. The lowest BCUT2D eigenvalue weighted by atomic mass is 10.2. The molecule has 0 aliphatic rings. The minimum absolute atomic E-state index is 0.0520. The standard InChI is InChI=1S/C14H15NO5/c1-3-18-12-6-4-5-11(14(16)17)13(12)19-8-10-7-9(2)20-15-10/h4-7H,3,8H2,1-2H3,(H,16,17). The molecule has 0 saturated heterocycles. The third-order valence-electron chi connectivity index (χ3n) is 2.55. The molecular weight excluding hydrogens is 262 g/mol. The first-order valence-electron chi connectivity index (χ1n) is 6.16. The van der Waals surface area contributed by atoms with E-state index < -0.39 is 5.97 Å². The van der Waals surface area contributed by atoms with Crippen molar-refractivity contribution in [3.63, 3.8) is 0 Å². The van der Waals surface area contributed by atoms with Gasteiger partial charge in [0.1, 0.15) is 23.6 Å². The summed E-state index contributed by atoms with van der Waals surface area (Å²) in [5.41, 5.74) is 0.640. The molecule has 0 aliphatic heterocycles. The number of ether oxygens (including phenoxy) is 2. The summed E-state index contributed by atoms with van der Waals surface area (Å²) in [7, 11) is 0. The minimum Gasteiger partial charge on any atom is -0.490 e. The maximum absolute atomic E-state index is 11.2. The van der Waals surface area contributed by atoms with Crippen LogP contribution in [-0.4, -0.2) is 22.8 Å². The van der Waals surface area contributed by atoms with Gasteiger partial charge in [-0.2, -0.15) is 0 Å². The van der Waals surface area contributed by atoms with E-state index in [2.05, 4.69) is 5.16 Å². The first-order chi connectivity index (χ1) is 9.61. The number of para-hydroxylation sites is 1. The second-order valence-corrected chi connectivity index (χ2v) is 4.09. The van der Waals surface area contributed by atoms with Crippen molar-refractivity contribution in [1.29, 1.82) is 0 Å². The van der Waals surface area contributed by atoms with Crippen LogP contribution in [-0.2, 0) is 6.61 Å². The molecule has 6 nitrogen and oxygen atoms in total. The molecule has 2 rings (SSSR count). The molecule has 0 aliphatic carbocycles. The van der Waals surface area contributed by atoms with Gasteiger partial charge >= 0.3 is 5.97 Å². The normalized spacial score (nSPS) is 10.3. The van der Waals surface area contributed by atoms with E-state index in [4.69, 9.17) is 14.0 Å². The Morgan fingerprint density at radius 1 is 1.40 bits per heavy atom. The van der Waals surface area contributed by atoms with Gasteiger partial charge in [0.05, 0.1) is 6.61 Å². The van der Waals surface area contributed by atoms with E-state index in [1.807, 2.05) is 6.92 Å². The fourth-order valence-corrected chi connectivity index (χ4v) is 1.73. The lowest BCUT2D eigenvalue weighted by Crippen LogP contribution is -2.06. The van der Waals surface area contributed by atoms with Gasteiger partial charge in [0.15, 0.2) is 11.5 Å². The number of benzene rings is 1. The number of hydrogen-bond donors (Lipinski definition) is 1. The molecular formula is C14H15NO5. The van der Waals surface area contributed by atoms with Gasteiger partial charge < -0.3 is 19.1 Å². The van der Waals surface area contributed by atoms with Gasteiger partial charge in [-0.1, -0.05) is 11.2 Å². The second kappa shape index (κ2) is 6.10. The van der Waals surface area contributed by atoms with E-state index in [9.17, 15) is 9.90 Å². The number of carbonyl (C=O) groups is 1. The highest BCUT2D eigenvalue weighted by molar-refractivity contribution is 5.92. The lowest BCUT2D eigenvalue weighted by molar-refractivity contribution is 0.0690. The maximum Gasteiger partial charge on any atom is 0.339 e. The Kier molecular flexibility index (Phi) is 4.24. The van der Waals surface area contributed by atoms with E-state index in [1.165, 1.54) is 6.07 Å². The number of hydrogen-bond acceptors (Lipinski definition) is 5. The Balaban J connectivity index is 2.25. The number of nitrogens with zero attached hydrogens (tertiary/aromatic N) is 1. The minimum atomic E-state index is -1.07. The van der Waals surface area contributed by atoms with Gasteiger partial charge in [0.25, 0.3) is 0 Å². The van der Waals surface area contributed by atoms with Crippen LogP contribution in [0.25, 0.3) is 0 Å². The molecule has 0 fully saturated rings. The van der Waals surface area contributed by atoms with Crippen molar-refractivity contribution in [3.8, 4) is 11.5 Å². The van der Waals surface area contributed by atoms with Crippen molar-refractivity contribution in [3.05, 3.63) is 41.3 Å². The topological polar surface area (TPSA) is 81.8 Å². The average molecular weight is 277 g/mol. The van der Waals surface area contributed by atoms with Crippen molar-refractivity contribution in [2.75, 3.05) is 6.61 Å². The average Bonchev–Trinajstić information content (AvgIpc) is 2.83. The third-order valence-corrected chi connectivity index (χ3v) is 2.55. The molecule has 1 N–H and O–H groups in total. The predicted molar refractivity (Wildman–Crippen MR) is 70.1 cm³/mol. The van der Waals surface area contributed by atoms with E-state index in [-0.39, 0.29) is 17.9 Å². The van der Waals surface area contributed by atoms with Crippen LogP contribution in [0.4, 0.5) is 0 Å². The second-order valence-electron chi connectivity index (χ2n) is 4.09. The van der Waals surface area contributed by atoms with Gasteiger partial charge in [0, 0.05) is 6.07 Å². The molecule has 0 amide bonds. The lowest BCUT2D eigenvalue weighted by Gasteiger charge is -2.13. The zero-order valence-electron chi connectivity index (χ0n) is 11.3. The molecule has 1 aromatic heterocycles. The molecule has 0 atom stereocenters. The predicted octanol–water partition coefficient (Wildman–Crippen LogP) is 2.66. The molecule has 6 heteroatoms. The van der Waals surface area contributed by atoms with Crippen molar-refractivity contribution in [2.24, 2.45) is 0 Å². The number of carboxylic acids is 1. The van der Waals surface area contributed by atoms with Gasteiger partial charge in [-0.3, -0.25) is 0 Å². The van der Waals surface area contributed by atoms with Crippen molar-refractivity contribution < 1.29 is 23.9 Å². The highest BCUT2D eigenvalue weighted by atomic mass is 16.5. The van der Waals surface area contributed by atoms with E-state index in [1.54, 1.807) is 25.1 Å². The molecule has 1 aromatic carbocycles. The summed E-state index contributed by atoms with van der Waals surface area (Å²) in [6.45, 7) is 4.12. The summed E-state index contributed by atoms with van der Waals surface area (Å²) in [6.07, 6.45) is 0. The molecule has 0 radical (unpaired) electrons. The Bertz CT molecular complexity index is 605.